The van der Waals surface area contributed by atoms with E-state index in [1.165, 1.54) is 6.07 Å². The first-order valence-electron chi connectivity index (χ1n) is 4.65. The van der Waals surface area contributed by atoms with Crippen LogP contribution in [0.15, 0.2) is 18.2 Å². The lowest BCUT2D eigenvalue weighted by Gasteiger charge is -2.09. The first kappa shape index (κ1) is 11.5. The molecule has 0 bridgehead atoms. The number of aryl methyl sites for hydroxylation is 1. The van der Waals surface area contributed by atoms with Crippen LogP contribution < -0.4 is 4.74 Å². The van der Waals surface area contributed by atoms with Crippen molar-refractivity contribution in [2.24, 2.45) is 0 Å². The summed E-state index contributed by atoms with van der Waals surface area (Å²) >= 11 is 0. The Morgan fingerprint density at radius 3 is 2.67 bits per heavy atom. The van der Waals surface area contributed by atoms with Gasteiger partial charge in [-0.3, -0.25) is 0 Å². The predicted octanol–water partition coefficient (Wildman–Crippen LogP) is 1.45. The number of hydrogen-bond donors (Lipinski definition) is 2. The van der Waals surface area contributed by atoms with Crippen LogP contribution in [0.2, 0.25) is 0 Å². The Bertz CT molecular complexity index is 358. The Labute approximate surface area is 88.1 Å². The van der Waals surface area contributed by atoms with Gasteiger partial charge in [-0.25, -0.2) is 4.79 Å². The maximum Gasteiger partial charge on any atom is 0.335 e. The number of aliphatic hydroxyl groups excluding tert-OH is 1. The van der Waals surface area contributed by atoms with Crippen LogP contribution in [0, 0.1) is 6.92 Å². The maximum absolute atomic E-state index is 10.7. The van der Waals surface area contributed by atoms with Crippen molar-refractivity contribution in [1.82, 2.24) is 0 Å². The molecule has 1 unspecified atom stereocenters. The Hall–Kier alpha value is -1.55. The van der Waals surface area contributed by atoms with Crippen LogP contribution >= 0.6 is 0 Å². The van der Waals surface area contributed by atoms with Gasteiger partial charge in [-0.1, -0.05) is 0 Å². The largest absolute Gasteiger partial charge is 0.491 e. The highest BCUT2D eigenvalue weighted by atomic mass is 16.5. The zero-order chi connectivity index (χ0) is 11.4. The minimum atomic E-state index is -0.949. The zero-order valence-corrected chi connectivity index (χ0v) is 8.73. The van der Waals surface area contributed by atoms with E-state index in [9.17, 15) is 4.79 Å². The van der Waals surface area contributed by atoms with Gasteiger partial charge in [0.05, 0.1) is 11.7 Å². The van der Waals surface area contributed by atoms with Crippen molar-refractivity contribution in [2.45, 2.75) is 20.0 Å². The maximum atomic E-state index is 10.7. The molecule has 0 aliphatic carbocycles. The molecular weight excluding hydrogens is 196 g/mol. The molecule has 0 spiro atoms. The lowest BCUT2D eigenvalue weighted by molar-refractivity contribution is 0.0696. The summed E-state index contributed by atoms with van der Waals surface area (Å²) in [5, 5.41) is 17.8. The molecule has 4 heteroatoms. The van der Waals surface area contributed by atoms with E-state index in [4.69, 9.17) is 14.9 Å². The van der Waals surface area contributed by atoms with E-state index in [0.717, 1.165) is 0 Å². The van der Waals surface area contributed by atoms with E-state index in [1.54, 1.807) is 26.0 Å². The van der Waals surface area contributed by atoms with Gasteiger partial charge in [0.25, 0.3) is 0 Å². The number of benzene rings is 1. The number of aliphatic hydroxyl groups is 1. The standard InChI is InChI=1S/C11H14O4/c1-7-5-9(15-6-8(2)12)3-4-10(7)11(13)14/h3-5,8,12H,6H2,1-2H3,(H,13,14). The van der Waals surface area contributed by atoms with Gasteiger partial charge in [-0.15, -0.1) is 0 Å². The van der Waals surface area contributed by atoms with Crippen molar-refractivity contribution in [2.75, 3.05) is 6.61 Å². The highest BCUT2D eigenvalue weighted by Crippen LogP contribution is 2.17. The number of carboxylic acid groups (broad SMARTS) is 1. The second kappa shape index (κ2) is 4.79. The third kappa shape index (κ3) is 3.25. The molecule has 1 atom stereocenters. The molecule has 15 heavy (non-hydrogen) atoms. The van der Waals surface area contributed by atoms with E-state index >= 15 is 0 Å². The first-order valence-corrected chi connectivity index (χ1v) is 4.65. The summed E-state index contributed by atoms with van der Waals surface area (Å²) < 4.78 is 5.24. The quantitative estimate of drug-likeness (QED) is 0.789. The summed E-state index contributed by atoms with van der Waals surface area (Å²) in [7, 11) is 0. The molecule has 0 aliphatic rings. The number of carboxylic acids is 1. The third-order valence-electron chi connectivity index (χ3n) is 1.92. The van der Waals surface area contributed by atoms with Crippen molar-refractivity contribution in [1.29, 1.82) is 0 Å². The monoisotopic (exact) mass is 210 g/mol. The van der Waals surface area contributed by atoms with Gasteiger partial charge in [-0.2, -0.15) is 0 Å². The highest BCUT2D eigenvalue weighted by molar-refractivity contribution is 5.89. The fourth-order valence-electron chi connectivity index (χ4n) is 1.18. The van der Waals surface area contributed by atoms with E-state index in [-0.39, 0.29) is 12.2 Å². The Kier molecular flexibility index (Phi) is 3.68. The van der Waals surface area contributed by atoms with Gasteiger partial charge in [0.2, 0.25) is 0 Å². The average molecular weight is 210 g/mol. The van der Waals surface area contributed by atoms with Gasteiger partial charge in [-0.05, 0) is 37.6 Å². The van der Waals surface area contributed by atoms with Gasteiger partial charge in [0.15, 0.2) is 0 Å². The molecule has 0 amide bonds. The number of ether oxygens (including phenoxy) is 1. The Morgan fingerprint density at radius 2 is 2.20 bits per heavy atom. The lowest BCUT2D eigenvalue weighted by atomic mass is 10.1. The van der Waals surface area contributed by atoms with Crippen LogP contribution in [-0.2, 0) is 0 Å². The molecule has 1 rings (SSSR count). The lowest BCUT2D eigenvalue weighted by Crippen LogP contribution is -2.13. The number of rotatable bonds is 4. The number of aromatic carboxylic acids is 1. The molecule has 0 heterocycles. The van der Waals surface area contributed by atoms with E-state index in [2.05, 4.69) is 0 Å². The second-order valence-corrected chi connectivity index (χ2v) is 3.44. The molecule has 1 aromatic rings. The molecule has 0 aromatic heterocycles. The van der Waals surface area contributed by atoms with Crippen LogP contribution in [0.3, 0.4) is 0 Å². The third-order valence-corrected chi connectivity index (χ3v) is 1.92. The van der Waals surface area contributed by atoms with Crippen LogP contribution in [0.25, 0.3) is 0 Å². The van der Waals surface area contributed by atoms with Crippen LogP contribution in [0.4, 0.5) is 0 Å². The molecule has 0 fully saturated rings. The molecule has 2 N–H and O–H groups in total. The second-order valence-electron chi connectivity index (χ2n) is 3.44. The van der Waals surface area contributed by atoms with Crippen molar-refractivity contribution in [3.05, 3.63) is 29.3 Å². The minimum Gasteiger partial charge on any atom is -0.491 e. The molecule has 4 nitrogen and oxygen atoms in total. The molecule has 0 radical (unpaired) electrons. The van der Waals surface area contributed by atoms with Crippen molar-refractivity contribution in [3.8, 4) is 5.75 Å². The predicted molar refractivity (Wildman–Crippen MR) is 55.3 cm³/mol. The van der Waals surface area contributed by atoms with E-state index in [0.29, 0.717) is 11.3 Å². The van der Waals surface area contributed by atoms with Gasteiger partial charge < -0.3 is 14.9 Å². The molecule has 0 saturated carbocycles. The van der Waals surface area contributed by atoms with Crippen LogP contribution in [0.1, 0.15) is 22.8 Å². The van der Waals surface area contributed by atoms with Gasteiger partial charge in [0.1, 0.15) is 12.4 Å². The first-order chi connectivity index (χ1) is 7.00. The normalized spacial score (nSPS) is 12.2. The summed E-state index contributed by atoms with van der Waals surface area (Å²) in [4.78, 5) is 10.7. The summed E-state index contributed by atoms with van der Waals surface area (Å²) in [6.45, 7) is 3.53. The smallest absolute Gasteiger partial charge is 0.335 e. The SMILES string of the molecule is Cc1cc(OCC(C)O)ccc1C(=O)O. The van der Waals surface area contributed by atoms with Gasteiger partial charge in [0, 0.05) is 0 Å². The van der Waals surface area contributed by atoms with E-state index < -0.39 is 12.1 Å². The van der Waals surface area contributed by atoms with Crippen LogP contribution in [-0.4, -0.2) is 28.9 Å². The Morgan fingerprint density at radius 1 is 1.53 bits per heavy atom. The molecular formula is C11H14O4. The van der Waals surface area contributed by atoms with Crippen molar-refractivity contribution in [3.63, 3.8) is 0 Å². The summed E-state index contributed by atoms with van der Waals surface area (Å²) in [6.07, 6.45) is -0.538. The summed E-state index contributed by atoms with van der Waals surface area (Å²) in [5.74, 6) is -0.382. The molecule has 82 valence electrons. The number of hydrogen-bond acceptors (Lipinski definition) is 3. The highest BCUT2D eigenvalue weighted by Gasteiger charge is 2.07. The summed E-state index contributed by atoms with van der Waals surface area (Å²) in [5.41, 5.74) is 0.907. The van der Waals surface area contributed by atoms with Crippen molar-refractivity contribution < 1.29 is 19.7 Å². The average Bonchev–Trinajstić information content (AvgIpc) is 2.14. The molecule has 1 aromatic carbocycles. The van der Waals surface area contributed by atoms with E-state index in [1.807, 2.05) is 0 Å². The number of carbonyl (C=O) groups is 1. The molecule has 0 saturated heterocycles. The topological polar surface area (TPSA) is 66.8 Å². The zero-order valence-electron chi connectivity index (χ0n) is 8.73. The fourth-order valence-corrected chi connectivity index (χ4v) is 1.18. The van der Waals surface area contributed by atoms with Gasteiger partial charge >= 0.3 is 5.97 Å². The van der Waals surface area contributed by atoms with Crippen LogP contribution in [0.5, 0.6) is 5.75 Å². The Balaban J connectivity index is 2.78. The minimum absolute atomic E-state index is 0.200. The fraction of sp³-hybridized carbons (Fsp3) is 0.364. The summed E-state index contributed by atoms with van der Waals surface area (Å²) in [6, 6.07) is 4.72. The van der Waals surface area contributed by atoms with Crippen molar-refractivity contribution >= 4 is 5.97 Å². The molecule has 0 aliphatic heterocycles.